The number of nitrogens with one attached hydrogen (secondary N) is 1. The number of nitrogens with two attached hydrogens (primary N) is 1. The maximum atomic E-state index is 12.1. The van der Waals surface area contributed by atoms with Crippen LogP contribution in [0.5, 0.6) is 0 Å². The van der Waals surface area contributed by atoms with Gasteiger partial charge in [0, 0.05) is 10.8 Å². The van der Waals surface area contributed by atoms with Gasteiger partial charge in [-0.2, -0.15) is 0 Å². The third-order valence-corrected chi connectivity index (χ3v) is 4.17. The summed E-state index contributed by atoms with van der Waals surface area (Å²) in [5, 5.41) is 5.47. The van der Waals surface area contributed by atoms with Crippen molar-refractivity contribution in [2.24, 2.45) is 11.7 Å². The summed E-state index contributed by atoms with van der Waals surface area (Å²) in [6, 6.07) is 0. The zero-order valence-electron chi connectivity index (χ0n) is 11.4. The van der Waals surface area contributed by atoms with E-state index in [2.05, 4.69) is 31.1 Å². The van der Waals surface area contributed by atoms with Gasteiger partial charge in [-0.05, 0) is 25.7 Å². The zero-order chi connectivity index (χ0) is 13.6. The summed E-state index contributed by atoms with van der Waals surface area (Å²) in [7, 11) is 0. The molecular formula is C13H21N3OS. The quantitative estimate of drug-likeness (QED) is 0.884. The molecule has 4 nitrogen and oxygen atoms in total. The summed E-state index contributed by atoms with van der Waals surface area (Å²) in [6.07, 6.45) is 2.09. The molecular weight excluding hydrogens is 246 g/mol. The number of amides is 1. The first kappa shape index (κ1) is 13.5. The number of hydrogen-bond donors (Lipinski definition) is 2. The van der Waals surface area contributed by atoms with Crippen LogP contribution in [0.1, 0.15) is 46.2 Å². The van der Waals surface area contributed by atoms with E-state index in [9.17, 15) is 4.79 Å². The Morgan fingerprint density at radius 2 is 2.06 bits per heavy atom. The van der Waals surface area contributed by atoms with E-state index in [0.717, 1.165) is 18.5 Å². The van der Waals surface area contributed by atoms with E-state index in [-0.39, 0.29) is 11.3 Å². The van der Waals surface area contributed by atoms with E-state index in [1.165, 1.54) is 11.3 Å². The van der Waals surface area contributed by atoms with Crippen LogP contribution in [0.4, 0.5) is 5.13 Å². The molecule has 1 aliphatic carbocycles. The summed E-state index contributed by atoms with van der Waals surface area (Å²) in [5.74, 6) is 0.194. The Balaban J connectivity index is 2.05. The minimum absolute atomic E-state index is 0.00197. The maximum Gasteiger partial charge on any atom is 0.246 e. The molecule has 1 aromatic rings. The number of thiazole rings is 1. The van der Waals surface area contributed by atoms with E-state index in [1.54, 1.807) is 6.92 Å². The van der Waals surface area contributed by atoms with Crippen molar-refractivity contribution >= 4 is 22.4 Å². The van der Waals surface area contributed by atoms with E-state index in [0.29, 0.717) is 11.0 Å². The van der Waals surface area contributed by atoms with E-state index >= 15 is 0 Å². The average Bonchev–Trinajstić information content (AvgIpc) is 2.98. The molecule has 3 N–H and O–H groups in total. The van der Waals surface area contributed by atoms with Crippen LogP contribution in [-0.4, -0.2) is 16.4 Å². The summed E-state index contributed by atoms with van der Waals surface area (Å²) < 4.78 is 0. The van der Waals surface area contributed by atoms with Crippen LogP contribution in [0.15, 0.2) is 5.38 Å². The van der Waals surface area contributed by atoms with Gasteiger partial charge >= 0.3 is 0 Å². The Morgan fingerprint density at radius 1 is 1.44 bits per heavy atom. The molecule has 0 aliphatic heterocycles. The summed E-state index contributed by atoms with van der Waals surface area (Å²) in [6.45, 7) is 8.11. The molecule has 0 aromatic carbocycles. The molecule has 1 amide bonds. The highest BCUT2D eigenvalue weighted by Gasteiger charge is 2.44. The van der Waals surface area contributed by atoms with Gasteiger partial charge in [-0.15, -0.1) is 11.3 Å². The Labute approximate surface area is 112 Å². The molecule has 1 saturated carbocycles. The second kappa shape index (κ2) is 4.31. The Bertz CT molecular complexity index is 455. The van der Waals surface area contributed by atoms with Crippen molar-refractivity contribution in [3.05, 3.63) is 11.1 Å². The van der Waals surface area contributed by atoms with Crippen molar-refractivity contribution in [3.63, 3.8) is 0 Å². The van der Waals surface area contributed by atoms with Crippen LogP contribution < -0.4 is 11.1 Å². The lowest BCUT2D eigenvalue weighted by Gasteiger charge is -2.22. The Kier molecular flexibility index (Phi) is 3.23. The monoisotopic (exact) mass is 267 g/mol. The molecule has 100 valence electrons. The number of aromatic nitrogens is 1. The van der Waals surface area contributed by atoms with Crippen molar-refractivity contribution in [2.75, 3.05) is 5.32 Å². The SMILES string of the molecule is CC(C)(C)c1csc(NC(=O)C(C)(N)C2CC2)n1. The molecule has 1 unspecified atom stereocenters. The molecule has 18 heavy (non-hydrogen) atoms. The van der Waals surface area contributed by atoms with E-state index in [4.69, 9.17) is 5.73 Å². The van der Waals surface area contributed by atoms with Gasteiger partial charge in [-0.25, -0.2) is 4.98 Å². The van der Waals surface area contributed by atoms with Crippen molar-refractivity contribution < 1.29 is 4.79 Å². The Hall–Kier alpha value is -0.940. The highest BCUT2D eigenvalue weighted by molar-refractivity contribution is 7.14. The van der Waals surface area contributed by atoms with Gasteiger partial charge in [0.1, 0.15) is 0 Å². The van der Waals surface area contributed by atoms with Crippen LogP contribution in [0.3, 0.4) is 0 Å². The molecule has 2 rings (SSSR count). The molecule has 0 radical (unpaired) electrons. The highest BCUT2D eigenvalue weighted by atomic mass is 32.1. The smallest absolute Gasteiger partial charge is 0.246 e. The second-order valence-corrected chi connectivity index (χ2v) is 7.16. The van der Waals surface area contributed by atoms with Gasteiger partial charge in [0.25, 0.3) is 0 Å². The molecule has 1 aromatic heterocycles. The molecule has 0 saturated heterocycles. The van der Waals surface area contributed by atoms with Crippen molar-refractivity contribution in [1.29, 1.82) is 0 Å². The van der Waals surface area contributed by atoms with Gasteiger partial charge < -0.3 is 11.1 Å². The highest BCUT2D eigenvalue weighted by Crippen LogP contribution is 2.38. The second-order valence-electron chi connectivity index (χ2n) is 6.30. The summed E-state index contributed by atoms with van der Waals surface area (Å²) in [5.41, 5.74) is 6.30. The third kappa shape index (κ3) is 2.72. The summed E-state index contributed by atoms with van der Waals surface area (Å²) in [4.78, 5) is 16.6. The lowest BCUT2D eigenvalue weighted by Crippen LogP contribution is -2.50. The number of rotatable bonds is 3. The van der Waals surface area contributed by atoms with Crippen LogP contribution in [-0.2, 0) is 10.2 Å². The topological polar surface area (TPSA) is 68.0 Å². The lowest BCUT2D eigenvalue weighted by atomic mass is 9.93. The summed E-state index contributed by atoms with van der Waals surface area (Å²) >= 11 is 1.45. The molecule has 1 aliphatic rings. The fourth-order valence-corrected chi connectivity index (χ4v) is 2.71. The fourth-order valence-electron chi connectivity index (χ4n) is 1.78. The number of nitrogens with zero attached hydrogens (tertiary/aromatic N) is 1. The third-order valence-electron chi connectivity index (χ3n) is 3.41. The zero-order valence-corrected chi connectivity index (χ0v) is 12.2. The minimum atomic E-state index is -0.770. The van der Waals surface area contributed by atoms with Gasteiger partial charge in [0.05, 0.1) is 11.2 Å². The van der Waals surface area contributed by atoms with Crippen LogP contribution >= 0.6 is 11.3 Å². The standard InChI is InChI=1S/C13H21N3OS/c1-12(2,3)9-7-18-11(15-9)16-10(17)13(4,14)8-5-6-8/h7-8H,5-6,14H2,1-4H3,(H,15,16,17). The van der Waals surface area contributed by atoms with Crippen LogP contribution in [0.25, 0.3) is 0 Å². The van der Waals surface area contributed by atoms with Gasteiger partial charge in [0.15, 0.2) is 5.13 Å². The van der Waals surface area contributed by atoms with E-state index < -0.39 is 5.54 Å². The molecule has 1 heterocycles. The largest absolute Gasteiger partial charge is 0.317 e. The van der Waals surface area contributed by atoms with Gasteiger partial charge in [-0.1, -0.05) is 20.8 Å². The van der Waals surface area contributed by atoms with Crippen LogP contribution in [0, 0.1) is 5.92 Å². The molecule has 0 spiro atoms. The van der Waals surface area contributed by atoms with Crippen molar-refractivity contribution in [3.8, 4) is 0 Å². The first-order valence-corrected chi connectivity index (χ1v) is 7.15. The Morgan fingerprint density at radius 3 is 2.50 bits per heavy atom. The first-order valence-electron chi connectivity index (χ1n) is 6.27. The van der Waals surface area contributed by atoms with Gasteiger partial charge in [0.2, 0.25) is 5.91 Å². The predicted octanol–water partition coefficient (Wildman–Crippen LogP) is 2.51. The fraction of sp³-hybridized carbons (Fsp3) is 0.692. The van der Waals surface area contributed by atoms with E-state index in [1.807, 2.05) is 5.38 Å². The molecule has 5 heteroatoms. The lowest BCUT2D eigenvalue weighted by molar-refractivity contribution is -0.121. The normalized spacial score (nSPS) is 19.4. The number of anilines is 1. The number of hydrogen-bond acceptors (Lipinski definition) is 4. The molecule has 0 bridgehead atoms. The number of carbonyl (C=O) groups excluding carboxylic acids is 1. The molecule has 1 atom stereocenters. The first-order chi connectivity index (χ1) is 8.21. The van der Waals surface area contributed by atoms with Crippen molar-refractivity contribution in [1.82, 2.24) is 4.98 Å². The maximum absolute atomic E-state index is 12.1. The predicted molar refractivity (Wildman–Crippen MR) is 74.8 cm³/mol. The van der Waals surface area contributed by atoms with Crippen molar-refractivity contribution in [2.45, 2.75) is 51.5 Å². The minimum Gasteiger partial charge on any atom is -0.317 e. The van der Waals surface area contributed by atoms with Gasteiger partial charge in [-0.3, -0.25) is 4.79 Å². The average molecular weight is 267 g/mol. The van der Waals surface area contributed by atoms with Crippen LogP contribution in [0.2, 0.25) is 0 Å². The molecule has 1 fully saturated rings. The number of carbonyl (C=O) groups is 1.